The van der Waals surface area contributed by atoms with E-state index in [2.05, 4.69) is 18.7 Å². The van der Waals surface area contributed by atoms with E-state index < -0.39 is 0 Å². The molecule has 1 unspecified atom stereocenters. The van der Waals surface area contributed by atoms with Gasteiger partial charge in [-0.05, 0) is 19.0 Å². The fraction of sp³-hybridized carbons (Fsp3) is 0.538. The van der Waals surface area contributed by atoms with Gasteiger partial charge < -0.3 is 10.6 Å². The molecule has 1 aromatic carbocycles. The predicted octanol–water partition coefficient (Wildman–Crippen LogP) is 2.24. The molecule has 2 N–H and O–H groups in total. The van der Waals surface area contributed by atoms with Gasteiger partial charge in [-0.3, -0.25) is 0 Å². The summed E-state index contributed by atoms with van der Waals surface area (Å²) < 4.78 is 13.4. The Bertz CT molecular complexity index is 325. The van der Waals surface area contributed by atoms with E-state index >= 15 is 0 Å². The number of hydrogen-bond donors (Lipinski definition) is 1. The first-order valence-electron chi connectivity index (χ1n) is 5.68. The van der Waals surface area contributed by atoms with E-state index in [4.69, 9.17) is 5.73 Å². The van der Waals surface area contributed by atoms with Crippen molar-refractivity contribution in [2.75, 3.05) is 13.6 Å². The highest BCUT2D eigenvalue weighted by Gasteiger charge is 2.11. The van der Waals surface area contributed by atoms with Crippen molar-refractivity contribution in [3.8, 4) is 0 Å². The number of hydrogen-bond acceptors (Lipinski definition) is 2. The summed E-state index contributed by atoms with van der Waals surface area (Å²) in [7, 11) is 1.97. The van der Waals surface area contributed by atoms with Gasteiger partial charge >= 0.3 is 0 Å². The highest BCUT2D eigenvalue weighted by molar-refractivity contribution is 5.16. The Morgan fingerprint density at radius 2 is 1.94 bits per heavy atom. The van der Waals surface area contributed by atoms with Crippen molar-refractivity contribution in [2.45, 2.75) is 26.4 Å². The normalized spacial score (nSPS) is 13.4. The quantitative estimate of drug-likeness (QED) is 0.831. The van der Waals surface area contributed by atoms with Crippen LogP contribution in [-0.4, -0.2) is 24.5 Å². The van der Waals surface area contributed by atoms with Crippen LogP contribution in [0.3, 0.4) is 0 Å². The van der Waals surface area contributed by atoms with Crippen molar-refractivity contribution in [3.63, 3.8) is 0 Å². The first kappa shape index (κ1) is 13.1. The molecule has 0 bridgehead atoms. The van der Waals surface area contributed by atoms with Gasteiger partial charge in [-0.1, -0.05) is 32.0 Å². The Balaban J connectivity index is 2.52. The second-order valence-electron chi connectivity index (χ2n) is 4.70. The van der Waals surface area contributed by atoms with E-state index in [1.165, 1.54) is 6.07 Å². The lowest BCUT2D eigenvalue weighted by Crippen LogP contribution is -2.38. The van der Waals surface area contributed by atoms with Crippen LogP contribution in [0.25, 0.3) is 0 Å². The summed E-state index contributed by atoms with van der Waals surface area (Å²) in [6.45, 7) is 5.59. The molecule has 90 valence electrons. The van der Waals surface area contributed by atoms with Crippen LogP contribution in [0.4, 0.5) is 4.39 Å². The molecule has 0 saturated carbocycles. The third-order valence-corrected chi connectivity index (χ3v) is 2.78. The fourth-order valence-electron chi connectivity index (χ4n) is 1.55. The molecule has 0 aliphatic carbocycles. The molecule has 0 spiro atoms. The van der Waals surface area contributed by atoms with Crippen molar-refractivity contribution in [2.24, 2.45) is 11.7 Å². The van der Waals surface area contributed by atoms with Gasteiger partial charge in [0.1, 0.15) is 5.82 Å². The number of benzene rings is 1. The molecule has 1 rings (SSSR count). The van der Waals surface area contributed by atoms with Crippen LogP contribution in [0.5, 0.6) is 0 Å². The van der Waals surface area contributed by atoms with Crippen molar-refractivity contribution < 1.29 is 4.39 Å². The Morgan fingerprint density at radius 1 is 1.31 bits per heavy atom. The summed E-state index contributed by atoms with van der Waals surface area (Å²) in [6.07, 6.45) is 0. The van der Waals surface area contributed by atoms with E-state index in [1.807, 2.05) is 19.2 Å². The minimum atomic E-state index is -0.146. The number of nitrogens with zero attached hydrogens (tertiary/aromatic N) is 1. The van der Waals surface area contributed by atoms with Gasteiger partial charge in [0.25, 0.3) is 0 Å². The molecule has 0 aromatic heterocycles. The zero-order chi connectivity index (χ0) is 12.1. The minimum absolute atomic E-state index is 0.136. The highest BCUT2D eigenvalue weighted by atomic mass is 19.1. The van der Waals surface area contributed by atoms with Gasteiger partial charge in [-0.2, -0.15) is 0 Å². The van der Waals surface area contributed by atoms with Crippen LogP contribution in [-0.2, 0) is 6.54 Å². The number of nitrogens with two attached hydrogens (primary N) is 1. The van der Waals surface area contributed by atoms with E-state index in [0.29, 0.717) is 12.5 Å². The van der Waals surface area contributed by atoms with Crippen molar-refractivity contribution in [1.82, 2.24) is 4.90 Å². The number of halogens is 1. The average Bonchev–Trinajstić information content (AvgIpc) is 2.21. The van der Waals surface area contributed by atoms with Gasteiger partial charge in [0.05, 0.1) is 0 Å². The zero-order valence-electron chi connectivity index (χ0n) is 10.3. The van der Waals surface area contributed by atoms with Crippen molar-refractivity contribution in [1.29, 1.82) is 0 Å². The van der Waals surface area contributed by atoms with E-state index in [0.717, 1.165) is 12.1 Å². The van der Waals surface area contributed by atoms with Crippen LogP contribution in [0.2, 0.25) is 0 Å². The molecule has 0 heterocycles. The van der Waals surface area contributed by atoms with Crippen LogP contribution >= 0.6 is 0 Å². The first-order chi connectivity index (χ1) is 7.50. The molecule has 0 saturated heterocycles. The molecule has 16 heavy (non-hydrogen) atoms. The predicted molar refractivity (Wildman–Crippen MR) is 65.5 cm³/mol. The topological polar surface area (TPSA) is 29.3 Å². The Kier molecular flexibility index (Phi) is 4.90. The van der Waals surface area contributed by atoms with E-state index in [-0.39, 0.29) is 11.9 Å². The van der Waals surface area contributed by atoms with Gasteiger partial charge in [-0.25, -0.2) is 4.39 Å². The maximum absolute atomic E-state index is 13.4. The fourth-order valence-corrected chi connectivity index (χ4v) is 1.55. The molecule has 3 heteroatoms. The Hall–Kier alpha value is -0.930. The lowest BCUT2D eigenvalue weighted by Gasteiger charge is -2.23. The van der Waals surface area contributed by atoms with Gasteiger partial charge in [0, 0.05) is 24.7 Å². The van der Waals surface area contributed by atoms with Crippen molar-refractivity contribution in [3.05, 3.63) is 35.6 Å². The maximum atomic E-state index is 13.4. The Labute approximate surface area is 97.3 Å². The Morgan fingerprint density at radius 3 is 2.50 bits per heavy atom. The summed E-state index contributed by atoms with van der Waals surface area (Å²) in [4.78, 5) is 2.06. The van der Waals surface area contributed by atoms with Crippen LogP contribution < -0.4 is 5.73 Å². The number of likely N-dealkylation sites (N-methyl/N-ethyl adjacent to an activating group) is 1. The maximum Gasteiger partial charge on any atom is 0.127 e. The SMILES string of the molecule is CC(C)C(N)CN(C)Cc1ccccc1F. The lowest BCUT2D eigenvalue weighted by molar-refractivity contribution is 0.273. The summed E-state index contributed by atoms with van der Waals surface area (Å²) in [5, 5.41) is 0. The molecular formula is C13H21FN2. The van der Waals surface area contributed by atoms with Gasteiger partial charge in [0.2, 0.25) is 0 Å². The molecule has 0 aliphatic rings. The molecule has 1 atom stereocenters. The number of rotatable bonds is 5. The highest BCUT2D eigenvalue weighted by Crippen LogP contribution is 2.09. The molecule has 1 aromatic rings. The van der Waals surface area contributed by atoms with E-state index in [1.54, 1.807) is 6.07 Å². The average molecular weight is 224 g/mol. The van der Waals surface area contributed by atoms with E-state index in [9.17, 15) is 4.39 Å². The van der Waals surface area contributed by atoms with Crippen LogP contribution in [0, 0.1) is 11.7 Å². The van der Waals surface area contributed by atoms with Crippen LogP contribution in [0.1, 0.15) is 19.4 Å². The standard InChI is InChI=1S/C13H21FN2/c1-10(2)13(15)9-16(3)8-11-6-4-5-7-12(11)14/h4-7,10,13H,8-9,15H2,1-3H3. The molecule has 0 amide bonds. The zero-order valence-corrected chi connectivity index (χ0v) is 10.3. The molecule has 2 nitrogen and oxygen atoms in total. The summed E-state index contributed by atoms with van der Waals surface area (Å²) >= 11 is 0. The first-order valence-corrected chi connectivity index (χ1v) is 5.68. The molecular weight excluding hydrogens is 203 g/mol. The third kappa shape index (κ3) is 3.91. The second kappa shape index (κ2) is 5.97. The summed E-state index contributed by atoms with van der Waals surface area (Å²) in [5.41, 5.74) is 6.70. The smallest absolute Gasteiger partial charge is 0.127 e. The van der Waals surface area contributed by atoms with Gasteiger partial charge in [-0.15, -0.1) is 0 Å². The summed E-state index contributed by atoms with van der Waals surface area (Å²) in [6, 6.07) is 7.00. The molecule has 0 aliphatic heterocycles. The minimum Gasteiger partial charge on any atom is -0.326 e. The third-order valence-electron chi connectivity index (χ3n) is 2.78. The van der Waals surface area contributed by atoms with Crippen LogP contribution in [0.15, 0.2) is 24.3 Å². The lowest BCUT2D eigenvalue weighted by atomic mass is 10.1. The molecule has 0 radical (unpaired) electrons. The monoisotopic (exact) mass is 224 g/mol. The summed E-state index contributed by atoms with van der Waals surface area (Å²) in [5.74, 6) is 0.301. The van der Waals surface area contributed by atoms with Gasteiger partial charge in [0.15, 0.2) is 0 Å². The largest absolute Gasteiger partial charge is 0.326 e. The van der Waals surface area contributed by atoms with Crippen molar-refractivity contribution >= 4 is 0 Å². The molecule has 0 fully saturated rings. The second-order valence-corrected chi connectivity index (χ2v) is 4.70.